The second kappa shape index (κ2) is 19.1. The summed E-state index contributed by atoms with van der Waals surface area (Å²) < 4.78 is 5.13. The van der Waals surface area contributed by atoms with Crippen LogP contribution in [-0.2, 0) is 98.1 Å². The van der Waals surface area contributed by atoms with Crippen LogP contribution >= 0.6 is 11.6 Å². The van der Waals surface area contributed by atoms with Gasteiger partial charge in [0, 0.05) is 98.1 Å². The first-order valence-corrected chi connectivity index (χ1v) is 11.0. The molecule has 0 aliphatic heterocycles. The Morgan fingerprint density at radius 2 is 1.33 bits per heavy atom. The predicted molar refractivity (Wildman–Crippen MR) is 136 cm³/mol. The van der Waals surface area contributed by atoms with E-state index < -0.39 is 0 Å². The molecule has 0 spiro atoms. The molecule has 3 aromatic heterocycles. The smallest absolute Gasteiger partial charge is 0.255 e. The van der Waals surface area contributed by atoms with Crippen LogP contribution in [0.15, 0.2) is 78.0 Å². The van der Waals surface area contributed by atoms with Crippen LogP contribution in [0.25, 0.3) is 33.1 Å². The zero-order valence-corrected chi connectivity index (χ0v) is 29.7. The van der Waals surface area contributed by atoms with Crippen LogP contribution in [0, 0.1) is 18.2 Å². The number of aromatic nitrogens is 6. The van der Waals surface area contributed by atoms with Crippen LogP contribution in [0.3, 0.4) is 0 Å². The van der Waals surface area contributed by atoms with Crippen LogP contribution in [0.2, 0.25) is 5.15 Å². The van der Waals surface area contributed by atoms with Gasteiger partial charge in [-0.1, -0.05) is 11.6 Å². The summed E-state index contributed by atoms with van der Waals surface area (Å²) in [5.41, 5.74) is 4.48. The van der Waals surface area contributed by atoms with E-state index in [1.54, 1.807) is 42.5 Å². The molecule has 189 valence electrons. The normalized spacial score (nSPS) is 9.49. The average molecular weight is 765 g/mol. The first-order chi connectivity index (χ1) is 17.6. The van der Waals surface area contributed by atoms with Crippen molar-refractivity contribution in [2.75, 3.05) is 13.2 Å². The fourth-order valence-electron chi connectivity index (χ4n) is 2.91. The molecule has 0 fully saturated rings. The Labute approximate surface area is 304 Å². The number of halogens is 1. The number of rotatable bonds is 3. The molecule has 13 heteroatoms. The molecule has 0 amide bonds. The maximum absolute atomic E-state index is 10.8. The minimum atomic E-state index is -0.183. The molecule has 0 unspecified atom stereocenters. The molecular weight excluding hydrogens is 746 g/mol. The van der Waals surface area contributed by atoms with E-state index in [-0.39, 0.29) is 117 Å². The summed E-state index contributed by atoms with van der Waals surface area (Å²) in [7, 11) is 0. The van der Waals surface area contributed by atoms with Crippen molar-refractivity contribution in [3.8, 4) is 5.88 Å². The van der Waals surface area contributed by atoms with Gasteiger partial charge in [0.15, 0.2) is 0 Å². The van der Waals surface area contributed by atoms with Crippen LogP contribution < -0.4 is 10.3 Å². The van der Waals surface area contributed by atoms with Crippen molar-refractivity contribution in [2.45, 2.75) is 0 Å². The Hall–Kier alpha value is -1.16. The fourth-order valence-corrected chi connectivity index (χ4v) is 3.05. The van der Waals surface area contributed by atoms with E-state index in [2.05, 4.69) is 48.1 Å². The van der Waals surface area contributed by atoms with Gasteiger partial charge in [0.2, 0.25) is 5.88 Å². The number of benzene rings is 3. The van der Waals surface area contributed by atoms with Gasteiger partial charge in [0.1, 0.15) is 11.8 Å². The largest absolute Gasteiger partial charge is 0.475 e. The predicted octanol–water partition coefficient (Wildman–Crippen LogP) is 3.60. The van der Waals surface area contributed by atoms with E-state index in [0.717, 1.165) is 33.1 Å². The second-order valence-electron chi connectivity index (χ2n) is 6.99. The van der Waals surface area contributed by atoms with E-state index in [1.165, 1.54) is 18.6 Å². The van der Waals surface area contributed by atoms with Gasteiger partial charge in [-0.15, -0.1) is 30.3 Å². The molecule has 2 N–H and O–H groups in total. The molecule has 3 radical (unpaired) electrons. The molecule has 0 aliphatic rings. The third-order valence-electron chi connectivity index (χ3n) is 4.48. The first-order valence-electron chi connectivity index (χ1n) is 10.6. The average Bonchev–Trinajstić information content (AvgIpc) is 2.92. The van der Waals surface area contributed by atoms with Crippen LogP contribution in [0.1, 0.15) is 0 Å². The molecule has 0 saturated carbocycles. The monoisotopic (exact) mass is 764 g/mol. The quantitative estimate of drug-likeness (QED) is 0.262. The summed E-state index contributed by atoms with van der Waals surface area (Å²) in [4.78, 5) is 33.8. The summed E-state index contributed by atoms with van der Waals surface area (Å²) in [6.45, 7) is 0.206. The summed E-state index contributed by atoms with van der Waals surface area (Å²) in [5.74, 6) is 0.422. The number of aromatic amines is 1. The van der Waals surface area contributed by atoms with Gasteiger partial charge in [-0.2, -0.15) is 42.5 Å². The topological polar surface area (TPSA) is 127 Å². The van der Waals surface area contributed by atoms with E-state index in [4.69, 9.17) is 21.4 Å². The molecule has 6 aromatic rings. The molecule has 0 saturated heterocycles. The van der Waals surface area contributed by atoms with Crippen molar-refractivity contribution in [3.63, 3.8) is 0 Å². The van der Waals surface area contributed by atoms with Crippen LogP contribution in [-0.4, -0.2) is 48.2 Å². The Kier molecular flexibility index (Phi) is 17.5. The molecule has 39 heavy (non-hydrogen) atoms. The van der Waals surface area contributed by atoms with Gasteiger partial charge < -0.3 is 14.8 Å². The zero-order chi connectivity index (χ0) is 25.2. The number of nitrogens with zero attached hydrogens (tertiary/aromatic N) is 5. The van der Waals surface area contributed by atoms with Gasteiger partial charge in [0.05, 0.1) is 25.2 Å². The third kappa shape index (κ3) is 11.3. The Balaban J connectivity index is 0.000000284. The van der Waals surface area contributed by atoms with Gasteiger partial charge in [-0.05, 0) is 33.1 Å². The summed E-state index contributed by atoms with van der Waals surface area (Å²) in [6.07, 6.45) is 4.34. The summed E-state index contributed by atoms with van der Waals surface area (Å²) in [6, 6.07) is 24.7. The maximum atomic E-state index is 10.8. The van der Waals surface area contributed by atoms with Crippen LogP contribution in [0.4, 0.5) is 0 Å². The van der Waals surface area contributed by atoms with E-state index in [0.29, 0.717) is 11.0 Å². The van der Waals surface area contributed by atoms with Crippen molar-refractivity contribution in [1.29, 1.82) is 0 Å². The van der Waals surface area contributed by atoms with E-state index >= 15 is 0 Å². The molecule has 0 bridgehead atoms. The molecular formula is C26H18ClN6O3Y3-3. The number of hydrogen-bond donors (Lipinski definition) is 2. The number of nitrogens with one attached hydrogen (secondary N) is 1. The van der Waals surface area contributed by atoms with Crippen molar-refractivity contribution in [3.05, 3.63) is 107 Å². The van der Waals surface area contributed by atoms with Gasteiger partial charge in [0.25, 0.3) is 5.56 Å². The van der Waals surface area contributed by atoms with Crippen molar-refractivity contribution in [2.24, 2.45) is 0 Å². The zero-order valence-electron chi connectivity index (χ0n) is 20.5. The number of aliphatic hydroxyl groups excluding tert-OH is 1. The van der Waals surface area contributed by atoms with Gasteiger partial charge >= 0.3 is 0 Å². The minimum Gasteiger partial charge on any atom is -0.475 e. The molecule has 9 nitrogen and oxygen atoms in total. The molecule has 3 heterocycles. The molecule has 6 rings (SSSR count). The summed E-state index contributed by atoms with van der Waals surface area (Å²) >= 11 is 5.63. The molecule has 0 atom stereocenters. The number of H-pyrrole nitrogens is 1. The standard InChI is InChI=1S/C10H9N2O2.C8H4ClN2.C8H5N2O.3Y/c13-5-6-14-10-7-11-8-3-1-2-4-9(8)12-10;9-8-5-10-6-3-1-2-4-7(6)11-8;11-8-5-9-6-3-1-2-4-7(6)10-8;;;/h1,3-4,7,13H,5-6H2;1,3-5H;1,3-5H,(H,10,11);;;/q3*-1;;;. The SMILES string of the molecule is Clc1cnc2cc[c-]cc2n1.O=c1cnc2cc[c-]cc2[nH]1.OCCOc1cnc2cc[c-]cc2n1.[Y].[Y].[Y]. The second-order valence-corrected chi connectivity index (χ2v) is 7.38. The van der Waals surface area contributed by atoms with Crippen LogP contribution in [0.5, 0.6) is 5.88 Å². The van der Waals surface area contributed by atoms with Crippen molar-refractivity contribution < 1.29 is 108 Å². The fraction of sp³-hybridized carbons (Fsp3) is 0.0769. The minimum absolute atomic E-state index is 0. The number of ether oxygens (including phenoxy) is 1. The first kappa shape index (κ1) is 35.9. The molecule has 3 aromatic carbocycles. The van der Waals surface area contributed by atoms with E-state index in [1.807, 2.05) is 12.1 Å². The van der Waals surface area contributed by atoms with Crippen molar-refractivity contribution >= 4 is 44.7 Å². The van der Waals surface area contributed by atoms with Crippen molar-refractivity contribution in [1.82, 2.24) is 29.9 Å². The Bertz CT molecular complexity index is 1660. The number of hydrogen-bond acceptors (Lipinski definition) is 8. The third-order valence-corrected chi connectivity index (χ3v) is 4.67. The van der Waals surface area contributed by atoms with Gasteiger partial charge in [-0.25, -0.2) is 0 Å². The maximum Gasteiger partial charge on any atom is 0.255 e. The number of fused-ring (bicyclic) bond motifs is 3. The van der Waals surface area contributed by atoms with E-state index in [9.17, 15) is 4.79 Å². The summed E-state index contributed by atoms with van der Waals surface area (Å²) in [5, 5.41) is 8.98. The number of aliphatic hydroxyl groups is 1. The Morgan fingerprint density at radius 3 is 2.00 bits per heavy atom. The Morgan fingerprint density at radius 1 is 0.769 bits per heavy atom. The molecule has 0 aliphatic carbocycles. The van der Waals surface area contributed by atoms with Gasteiger partial charge in [-0.3, -0.25) is 29.7 Å².